The van der Waals surface area contributed by atoms with Crippen molar-refractivity contribution < 1.29 is 0 Å². The number of fused-ring (bicyclic) bond motifs is 4. The maximum absolute atomic E-state index is 4.70. The van der Waals surface area contributed by atoms with Gasteiger partial charge < -0.3 is 5.32 Å². The smallest absolute Gasteiger partial charge is 0.127 e. The van der Waals surface area contributed by atoms with E-state index in [9.17, 15) is 0 Å². The Bertz CT molecular complexity index is 380. The van der Waals surface area contributed by atoms with E-state index in [1.54, 1.807) is 0 Å². The first kappa shape index (κ1) is 9.25. The molecule has 1 heterocycles. The number of rotatable bonds is 2. The summed E-state index contributed by atoms with van der Waals surface area (Å²) in [5, 5.41) is 8.16. The fourth-order valence-corrected chi connectivity index (χ4v) is 3.30. The van der Waals surface area contributed by atoms with Crippen molar-refractivity contribution >= 4 is 5.82 Å². The van der Waals surface area contributed by atoms with Gasteiger partial charge in [0.2, 0.25) is 0 Å². The van der Waals surface area contributed by atoms with Gasteiger partial charge in [-0.25, -0.2) is 0 Å². The third kappa shape index (κ3) is 1.29. The van der Waals surface area contributed by atoms with E-state index in [0.29, 0.717) is 0 Å². The number of anilines is 1. The van der Waals surface area contributed by atoms with Crippen molar-refractivity contribution in [1.82, 2.24) is 9.78 Å². The second kappa shape index (κ2) is 3.26. The van der Waals surface area contributed by atoms with Crippen molar-refractivity contribution in [2.45, 2.75) is 38.5 Å². The molecule has 2 aliphatic carbocycles. The van der Waals surface area contributed by atoms with Gasteiger partial charge in [-0.05, 0) is 38.5 Å². The van der Waals surface area contributed by atoms with Gasteiger partial charge in [-0.3, -0.25) is 4.68 Å². The number of nitrogens with one attached hydrogen (secondary N) is 1. The van der Waals surface area contributed by atoms with Gasteiger partial charge in [-0.1, -0.05) is 0 Å². The molecule has 1 aromatic heterocycles. The molecule has 0 saturated heterocycles. The molecule has 2 bridgehead atoms. The SMILES string of the molecule is CCNc1c2c(nn1C)C1CCC(C2)C1. The number of hydrogen-bond donors (Lipinski definition) is 1. The summed E-state index contributed by atoms with van der Waals surface area (Å²) in [4.78, 5) is 0. The number of aromatic nitrogens is 2. The van der Waals surface area contributed by atoms with Gasteiger partial charge in [-0.2, -0.15) is 5.10 Å². The van der Waals surface area contributed by atoms with Gasteiger partial charge in [0.1, 0.15) is 5.82 Å². The molecule has 0 radical (unpaired) electrons. The van der Waals surface area contributed by atoms with Gasteiger partial charge >= 0.3 is 0 Å². The van der Waals surface area contributed by atoms with E-state index in [2.05, 4.69) is 19.3 Å². The predicted molar refractivity (Wildman–Crippen MR) is 61.2 cm³/mol. The molecule has 0 amide bonds. The van der Waals surface area contributed by atoms with Gasteiger partial charge in [0.15, 0.2) is 0 Å². The Hall–Kier alpha value is -0.990. The Morgan fingerprint density at radius 2 is 2.33 bits per heavy atom. The van der Waals surface area contributed by atoms with Crippen molar-refractivity contribution in [2.24, 2.45) is 13.0 Å². The van der Waals surface area contributed by atoms with Crippen LogP contribution in [0.15, 0.2) is 0 Å². The lowest BCUT2D eigenvalue weighted by molar-refractivity contribution is 0.506. The highest BCUT2D eigenvalue weighted by atomic mass is 15.3. The first-order valence-corrected chi connectivity index (χ1v) is 6.09. The van der Waals surface area contributed by atoms with E-state index >= 15 is 0 Å². The molecule has 3 rings (SSSR count). The van der Waals surface area contributed by atoms with Crippen molar-refractivity contribution in [1.29, 1.82) is 0 Å². The van der Waals surface area contributed by atoms with Crippen LogP contribution in [0.5, 0.6) is 0 Å². The van der Waals surface area contributed by atoms with E-state index in [1.807, 2.05) is 4.68 Å². The first-order valence-electron chi connectivity index (χ1n) is 6.09. The summed E-state index contributed by atoms with van der Waals surface area (Å²) in [6.45, 7) is 3.14. The van der Waals surface area contributed by atoms with E-state index < -0.39 is 0 Å². The lowest BCUT2D eigenvalue weighted by Gasteiger charge is -2.18. The largest absolute Gasteiger partial charge is 0.370 e. The number of hydrogen-bond acceptors (Lipinski definition) is 2. The lowest BCUT2D eigenvalue weighted by Crippen LogP contribution is -2.11. The minimum Gasteiger partial charge on any atom is -0.370 e. The molecule has 82 valence electrons. The minimum absolute atomic E-state index is 0.761. The summed E-state index contributed by atoms with van der Waals surface area (Å²) in [6.07, 6.45) is 5.41. The van der Waals surface area contributed by atoms with Crippen molar-refractivity contribution in [2.75, 3.05) is 11.9 Å². The summed E-state index contributed by atoms with van der Waals surface area (Å²) in [5.41, 5.74) is 2.90. The van der Waals surface area contributed by atoms with Crippen LogP contribution in [-0.2, 0) is 13.5 Å². The Kier molecular flexibility index (Phi) is 2.01. The zero-order valence-electron chi connectivity index (χ0n) is 9.58. The number of nitrogens with zero attached hydrogens (tertiary/aromatic N) is 2. The summed E-state index contributed by atoms with van der Waals surface area (Å²) >= 11 is 0. The maximum atomic E-state index is 4.70. The van der Waals surface area contributed by atoms with Crippen LogP contribution in [0.2, 0.25) is 0 Å². The molecule has 2 aliphatic rings. The van der Waals surface area contributed by atoms with Gasteiger partial charge in [0.25, 0.3) is 0 Å². The fraction of sp³-hybridized carbons (Fsp3) is 0.750. The standard InChI is InChI=1S/C12H19N3/c1-3-13-12-10-7-8-4-5-9(6-8)11(10)14-15(12)2/h8-9,13H,3-7H2,1-2H3. The summed E-state index contributed by atoms with van der Waals surface area (Å²) in [7, 11) is 2.06. The van der Waals surface area contributed by atoms with Crippen molar-refractivity contribution in [3.8, 4) is 0 Å². The molecule has 1 aromatic rings. The molecule has 0 aromatic carbocycles. The molecule has 1 saturated carbocycles. The van der Waals surface area contributed by atoms with Crippen molar-refractivity contribution in [3.63, 3.8) is 0 Å². The Morgan fingerprint density at radius 3 is 3.13 bits per heavy atom. The van der Waals surface area contributed by atoms with Crippen LogP contribution in [0.3, 0.4) is 0 Å². The average molecular weight is 205 g/mol. The highest BCUT2D eigenvalue weighted by Crippen LogP contribution is 2.47. The molecule has 3 nitrogen and oxygen atoms in total. The van der Waals surface area contributed by atoms with E-state index in [-0.39, 0.29) is 0 Å². The van der Waals surface area contributed by atoms with Crippen LogP contribution < -0.4 is 5.32 Å². The molecule has 1 N–H and O–H groups in total. The van der Waals surface area contributed by atoms with Gasteiger partial charge in [-0.15, -0.1) is 0 Å². The molecule has 2 unspecified atom stereocenters. The normalized spacial score (nSPS) is 27.9. The van der Waals surface area contributed by atoms with Crippen molar-refractivity contribution in [3.05, 3.63) is 11.3 Å². The fourth-order valence-electron chi connectivity index (χ4n) is 3.30. The molecule has 0 aliphatic heterocycles. The van der Waals surface area contributed by atoms with E-state index in [0.717, 1.165) is 18.4 Å². The molecule has 15 heavy (non-hydrogen) atoms. The minimum atomic E-state index is 0.761. The van der Waals surface area contributed by atoms with E-state index in [4.69, 9.17) is 5.10 Å². The Labute approximate surface area is 90.9 Å². The zero-order valence-corrected chi connectivity index (χ0v) is 9.58. The van der Waals surface area contributed by atoms with Crippen LogP contribution in [-0.4, -0.2) is 16.3 Å². The van der Waals surface area contributed by atoms with Crippen LogP contribution in [0.1, 0.15) is 43.4 Å². The topological polar surface area (TPSA) is 29.9 Å². The third-order valence-corrected chi connectivity index (χ3v) is 3.94. The van der Waals surface area contributed by atoms with Crippen LogP contribution in [0.25, 0.3) is 0 Å². The first-order chi connectivity index (χ1) is 7.29. The molecule has 2 atom stereocenters. The van der Waals surface area contributed by atoms with Gasteiger partial charge in [0, 0.05) is 25.1 Å². The predicted octanol–water partition coefficient (Wildman–Crippen LogP) is 2.29. The maximum Gasteiger partial charge on any atom is 0.127 e. The van der Waals surface area contributed by atoms with Crippen LogP contribution in [0.4, 0.5) is 5.82 Å². The third-order valence-electron chi connectivity index (χ3n) is 3.94. The lowest BCUT2D eigenvalue weighted by atomic mass is 9.87. The molecular formula is C12H19N3. The van der Waals surface area contributed by atoms with E-state index in [1.165, 1.54) is 42.8 Å². The van der Waals surface area contributed by atoms with Crippen LogP contribution >= 0.6 is 0 Å². The average Bonchev–Trinajstić information content (AvgIpc) is 2.75. The number of aryl methyl sites for hydroxylation is 1. The summed E-state index contributed by atoms with van der Waals surface area (Å²) < 4.78 is 2.04. The summed E-state index contributed by atoms with van der Waals surface area (Å²) in [5.74, 6) is 2.96. The van der Waals surface area contributed by atoms with Gasteiger partial charge in [0.05, 0.1) is 5.69 Å². The highest BCUT2D eigenvalue weighted by Gasteiger charge is 2.36. The van der Waals surface area contributed by atoms with Crippen LogP contribution in [0, 0.1) is 5.92 Å². The Morgan fingerprint density at radius 1 is 1.47 bits per heavy atom. The monoisotopic (exact) mass is 205 g/mol. The highest BCUT2D eigenvalue weighted by molar-refractivity contribution is 5.50. The molecule has 0 spiro atoms. The second-order valence-electron chi connectivity index (χ2n) is 4.95. The quantitative estimate of drug-likeness (QED) is 0.802. The summed E-state index contributed by atoms with van der Waals surface area (Å²) in [6, 6.07) is 0. The Balaban J connectivity index is 2.04. The molecular weight excluding hydrogens is 186 g/mol. The zero-order chi connectivity index (χ0) is 10.4. The molecule has 1 fully saturated rings. The molecule has 3 heteroatoms. The second-order valence-corrected chi connectivity index (χ2v) is 4.95.